The topological polar surface area (TPSA) is 41.1 Å². The fourth-order valence-corrected chi connectivity index (χ4v) is 2.17. The molecular weight excluding hydrogens is 196 g/mol. The number of hydrogen-bond donors (Lipinski definition) is 2. The molecule has 3 nitrogen and oxygen atoms in total. The van der Waals surface area contributed by atoms with E-state index in [2.05, 4.69) is 10.6 Å². The molecule has 0 aliphatic heterocycles. The Morgan fingerprint density at radius 3 is 2.79 bits per heavy atom. The van der Waals surface area contributed by atoms with Crippen LogP contribution >= 0.6 is 11.3 Å². The van der Waals surface area contributed by atoms with Crippen molar-refractivity contribution in [3.05, 3.63) is 17.0 Å². The van der Waals surface area contributed by atoms with Crippen molar-refractivity contribution in [1.29, 1.82) is 0 Å². The third kappa shape index (κ3) is 1.90. The van der Waals surface area contributed by atoms with Gasteiger partial charge < -0.3 is 10.6 Å². The SMILES string of the molecule is CNc1ccc(C(=O)NC2CCC2)s1. The third-order valence-electron chi connectivity index (χ3n) is 2.52. The van der Waals surface area contributed by atoms with Crippen molar-refractivity contribution < 1.29 is 4.79 Å². The van der Waals surface area contributed by atoms with E-state index < -0.39 is 0 Å². The predicted octanol–water partition coefficient (Wildman–Crippen LogP) is 2.07. The molecular formula is C10H14N2OS. The lowest BCUT2D eigenvalue weighted by molar-refractivity contribution is 0.0921. The standard InChI is InChI=1S/C10H14N2OS/c1-11-9-6-5-8(14-9)10(13)12-7-3-2-4-7/h5-7,11H,2-4H2,1H3,(H,12,13). The van der Waals surface area contributed by atoms with Gasteiger partial charge in [0.2, 0.25) is 0 Å². The summed E-state index contributed by atoms with van der Waals surface area (Å²) in [7, 11) is 1.86. The molecule has 0 bridgehead atoms. The summed E-state index contributed by atoms with van der Waals surface area (Å²) < 4.78 is 0. The summed E-state index contributed by atoms with van der Waals surface area (Å²) in [6.07, 6.45) is 3.52. The van der Waals surface area contributed by atoms with Crippen molar-refractivity contribution in [2.24, 2.45) is 0 Å². The number of nitrogens with one attached hydrogen (secondary N) is 2. The summed E-state index contributed by atoms with van der Waals surface area (Å²) in [6, 6.07) is 4.22. The molecule has 0 atom stereocenters. The summed E-state index contributed by atoms with van der Waals surface area (Å²) in [4.78, 5) is 12.4. The second-order valence-electron chi connectivity index (χ2n) is 3.52. The predicted molar refractivity (Wildman–Crippen MR) is 59.0 cm³/mol. The molecule has 1 saturated carbocycles. The molecule has 14 heavy (non-hydrogen) atoms. The number of amides is 1. The van der Waals surface area contributed by atoms with E-state index in [-0.39, 0.29) is 5.91 Å². The van der Waals surface area contributed by atoms with Crippen LogP contribution in [0.15, 0.2) is 12.1 Å². The summed E-state index contributed by atoms with van der Waals surface area (Å²) in [5, 5.41) is 7.07. The minimum atomic E-state index is 0.0706. The smallest absolute Gasteiger partial charge is 0.261 e. The Morgan fingerprint density at radius 2 is 2.29 bits per heavy atom. The van der Waals surface area contributed by atoms with Gasteiger partial charge in [0.1, 0.15) is 0 Å². The maximum absolute atomic E-state index is 11.6. The maximum atomic E-state index is 11.6. The summed E-state index contributed by atoms with van der Waals surface area (Å²) in [5.74, 6) is 0.0706. The van der Waals surface area contributed by atoms with Crippen LogP contribution in [0.25, 0.3) is 0 Å². The molecule has 1 aromatic rings. The van der Waals surface area contributed by atoms with Crippen LogP contribution in [0, 0.1) is 0 Å². The minimum Gasteiger partial charge on any atom is -0.380 e. The van der Waals surface area contributed by atoms with Gasteiger partial charge in [-0.05, 0) is 31.4 Å². The lowest BCUT2D eigenvalue weighted by atomic mass is 9.93. The molecule has 0 aromatic carbocycles. The number of rotatable bonds is 3. The second kappa shape index (κ2) is 4.00. The Bertz CT molecular complexity index is 331. The molecule has 0 unspecified atom stereocenters. The van der Waals surface area contributed by atoms with E-state index in [9.17, 15) is 4.79 Å². The Kier molecular flexibility index (Phi) is 2.72. The molecule has 1 aliphatic rings. The molecule has 4 heteroatoms. The van der Waals surface area contributed by atoms with Gasteiger partial charge in [-0.3, -0.25) is 4.79 Å². The zero-order chi connectivity index (χ0) is 9.97. The fourth-order valence-electron chi connectivity index (χ4n) is 1.40. The van der Waals surface area contributed by atoms with E-state index in [0.29, 0.717) is 6.04 Å². The van der Waals surface area contributed by atoms with E-state index >= 15 is 0 Å². The molecule has 0 spiro atoms. The molecule has 2 N–H and O–H groups in total. The van der Waals surface area contributed by atoms with Crippen LogP contribution in [0.5, 0.6) is 0 Å². The van der Waals surface area contributed by atoms with E-state index in [1.54, 1.807) is 0 Å². The highest BCUT2D eigenvalue weighted by molar-refractivity contribution is 7.17. The molecule has 0 radical (unpaired) electrons. The lowest BCUT2D eigenvalue weighted by Gasteiger charge is -2.25. The first-order valence-electron chi connectivity index (χ1n) is 4.88. The van der Waals surface area contributed by atoms with Gasteiger partial charge in [0.05, 0.1) is 9.88 Å². The van der Waals surface area contributed by atoms with Gasteiger partial charge in [-0.1, -0.05) is 0 Å². The molecule has 1 heterocycles. The number of anilines is 1. The first-order chi connectivity index (χ1) is 6.79. The molecule has 1 fully saturated rings. The third-order valence-corrected chi connectivity index (χ3v) is 3.62. The van der Waals surface area contributed by atoms with Crippen LogP contribution in [0.4, 0.5) is 5.00 Å². The lowest BCUT2D eigenvalue weighted by Crippen LogP contribution is -2.39. The van der Waals surface area contributed by atoms with Crippen molar-refractivity contribution in [3.8, 4) is 0 Å². The molecule has 1 aliphatic carbocycles. The first kappa shape index (κ1) is 9.52. The largest absolute Gasteiger partial charge is 0.380 e. The molecule has 0 saturated heterocycles. The quantitative estimate of drug-likeness (QED) is 0.802. The van der Waals surface area contributed by atoms with E-state index in [1.807, 2.05) is 19.2 Å². The van der Waals surface area contributed by atoms with E-state index in [0.717, 1.165) is 22.7 Å². The van der Waals surface area contributed by atoms with Crippen LogP contribution in [0.3, 0.4) is 0 Å². The van der Waals surface area contributed by atoms with Crippen molar-refractivity contribution in [2.45, 2.75) is 25.3 Å². The van der Waals surface area contributed by atoms with Gasteiger partial charge in [0, 0.05) is 13.1 Å². The average molecular weight is 210 g/mol. The van der Waals surface area contributed by atoms with E-state index in [4.69, 9.17) is 0 Å². The first-order valence-corrected chi connectivity index (χ1v) is 5.69. The van der Waals surface area contributed by atoms with Gasteiger partial charge in [0.15, 0.2) is 0 Å². The fraction of sp³-hybridized carbons (Fsp3) is 0.500. The maximum Gasteiger partial charge on any atom is 0.261 e. The average Bonchev–Trinajstić information content (AvgIpc) is 2.59. The van der Waals surface area contributed by atoms with Crippen LogP contribution in [-0.4, -0.2) is 19.0 Å². The highest BCUT2D eigenvalue weighted by Crippen LogP contribution is 2.23. The van der Waals surface area contributed by atoms with Crippen LogP contribution < -0.4 is 10.6 Å². The Morgan fingerprint density at radius 1 is 1.50 bits per heavy atom. The zero-order valence-electron chi connectivity index (χ0n) is 8.17. The Labute approximate surface area is 87.5 Å². The summed E-state index contributed by atoms with van der Waals surface area (Å²) in [5.41, 5.74) is 0. The van der Waals surface area contributed by atoms with Crippen molar-refractivity contribution in [2.75, 3.05) is 12.4 Å². The molecule has 2 rings (SSSR count). The molecule has 1 aromatic heterocycles. The Balaban J connectivity index is 1.95. The highest BCUT2D eigenvalue weighted by Gasteiger charge is 2.20. The monoisotopic (exact) mass is 210 g/mol. The molecule has 1 amide bonds. The molecule has 76 valence electrons. The van der Waals surface area contributed by atoms with Crippen molar-refractivity contribution >= 4 is 22.2 Å². The zero-order valence-corrected chi connectivity index (χ0v) is 8.99. The van der Waals surface area contributed by atoms with E-state index in [1.165, 1.54) is 17.8 Å². The van der Waals surface area contributed by atoms with Crippen molar-refractivity contribution in [3.63, 3.8) is 0 Å². The Hall–Kier alpha value is -1.03. The van der Waals surface area contributed by atoms with Crippen LogP contribution in [-0.2, 0) is 0 Å². The van der Waals surface area contributed by atoms with Crippen molar-refractivity contribution in [1.82, 2.24) is 5.32 Å². The second-order valence-corrected chi connectivity index (χ2v) is 4.60. The normalized spacial score (nSPS) is 16.1. The van der Waals surface area contributed by atoms with Crippen LogP contribution in [0.2, 0.25) is 0 Å². The number of carbonyl (C=O) groups is 1. The number of carbonyl (C=O) groups excluding carboxylic acids is 1. The van der Waals surface area contributed by atoms with Gasteiger partial charge in [0.25, 0.3) is 5.91 Å². The number of thiophene rings is 1. The summed E-state index contributed by atoms with van der Waals surface area (Å²) in [6.45, 7) is 0. The van der Waals surface area contributed by atoms with Gasteiger partial charge in [-0.15, -0.1) is 11.3 Å². The van der Waals surface area contributed by atoms with Gasteiger partial charge in [-0.2, -0.15) is 0 Å². The highest BCUT2D eigenvalue weighted by atomic mass is 32.1. The van der Waals surface area contributed by atoms with Gasteiger partial charge in [-0.25, -0.2) is 0 Å². The van der Waals surface area contributed by atoms with Crippen LogP contribution in [0.1, 0.15) is 28.9 Å². The number of hydrogen-bond acceptors (Lipinski definition) is 3. The summed E-state index contributed by atoms with van der Waals surface area (Å²) >= 11 is 1.49. The van der Waals surface area contributed by atoms with Gasteiger partial charge >= 0.3 is 0 Å². The minimum absolute atomic E-state index is 0.0706.